The van der Waals surface area contributed by atoms with Crippen LogP contribution in [-0.4, -0.2) is 27.2 Å². The maximum absolute atomic E-state index is 11.3. The molecule has 0 radical (unpaired) electrons. The maximum atomic E-state index is 11.3. The second kappa shape index (κ2) is 7.08. The number of benzene rings is 1. The third-order valence-electron chi connectivity index (χ3n) is 2.23. The third kappa shape index (κ3) is 4.37. The van der Waals surface area contributed by atoms with E-state index in [0.717, 1.165) is 15.7 Å². The van der Waals surface area contributed by atoms with Crippen LogP contribution < -0.4 is 11.1 Å². The number of hydrogen-bond acceptors (Lipinski definition) is 3. The highest BCUT2D eigenvalue weighted by atomic mass is 79.9. The van der Waals surface area contributed by atoms with Gasteiger partial charge >= 0.3 is 0 Å². The van der Waals surface area contributed by atoms with Crippen LogP contribution in [0.4, 0.5) is 5.69 Å². The van der Waals surface area contributed by atoms with E-state index in [1.54, 1.807) is 0 Å². The number of nitrogens with two attached hydrogens (primary N) is 1. The average Bonchev–Trinajstić information content (AvgIpc) is 2.28. The molecule has 6 heteroatoms. The molecule has 1 aromatic carbocycles. The molecular formula is C11H15BrN2OS2. The number of halogens is 1. The molecule has 0 spiro atoms. The summed E-state index contributed by atoms with van der Waals surface area (Å²) in [6.45, 7) is 2.56. The lowest BCUT2D eigenvalue weighted by molar-refractivity contribution is 0.684. The van der Waals surface area contributed by atoms with Crippen LogP contribution in [-0.2, 0) is 10.8 Å². The van der Waals surface area contributed by atoms with Crippen LogP contribution in [0.3, 0.4) is 0 Å². The minimum Gasteiger partial charge on any atom is -0.389 e. The van der Waals surface area contributed by atoms with Gasteiger partial charge in [0.25, 0.3) is 0 Å². The fourth-order valence-corrected chi connectivity index (χ4v) is 2.92. The maximum Gasteiger partial charge on any atom is 0.107 e. The van der Waals surface area contributed by atoms with E-state index >= 15 is 0 Å². The van der Waals surface area contributed by atoms with Crippen molar-refractivity contribution in [2.24, 2.45) is 5.73 Å². The first-order chi connectivity index (χ1) is 8.06. The Morgan fingerprint density at radius 2 is 2.29 bits per heavy atom. The van der Waals surface area contributed by atoms with E-state index in [0.29, 0.717) is 23.0 Å². The molecule has 1 atom stereocenters. The van der Waals surface area contributed by atoms with Crippen LogP contribution in [0.1, 0.15) is 12.5 Å². The Morgan fingerprint density at radius 1 is 1.59 bits per heavy atom. The number of anilines is 1. The molecule has 0 heterocycles. The van der Waals surface area contributed by atoms with E-state index in [2.05, 4.69) is 21.2 Å². The van der Waals surface area contributed by atoms with E-state index in [9.17, 15) is 4.21 Å². The minimum atomic E-state index is -0.762. The van der Waals surface area contributed by atoms with E-state index < -0.39 is 10.8 Å². The van der Waals surface area contributed by atoms with E-state index in [1.165, 1.54) is 0 Å². The molecule has 0 saturated heterocycles. The SMILES string of the molecule is CCS(=O)CCNc1cccc(Br)c1C(N)=S. The zero-order chi connectivity index (χ0) is 12.8. The van der Waals surface area contributed by atoms with Crippen LogP contribution in [0, 0.1) is 0 Å². The first-order valence-corrected chi connectivity index (χ1v) is 7.92. The Kier molecular flexibility index (Phi) is 6.08. The van der Waals surface area contributed by atoms with Crippen molar-refractivity contribution in [2.75, 3.05) is 23.4 Å². The quantitative estimate of drug-likeness (QED) is 0.783. The van der Waals surface area contributed by atoms with Crippen LogP contribution in [0.25, 0.3) is 0 Å². The van der Waals surface area contributed by atoms with Crippen molar-refractivity contribution in [3.8, 4) is 0 Å². The number of hydrogen-bond donors (Lipinski definition) is 2. The highest BCUT2D eigenvalue weighted by molar-refractivity contribution is 9.10. The normalized spacial score (nSPS) is 12.1. The van der Waals surface area contributed by atoms with Crippen molar-refractivity contribution < 1.29 is 4.21 Å². The number of thiocarbonyl (C=S) groups is 1. The molecule has 0 amide bonds. The fraction of sp³-hybridized carbons (Fsp3) is 0.364. The molecule has 0 aliphatic carbocycles. The van der Waals surface area contributed by atoms with Crippen molar-refractivity contribution in [1.29, 1.82) is 0 Å². The molecule has 3 nitrogen and oxygen atoms in total. The second-order valence-corrected chi connectivity index (χ2v) is 6.55. The first kappa shape index (κ1) is 14.6. The molecular weight excluding hydrogens is 320 g/mol. The minimum absolute atomic E-state index is 0.344. The first-order valence-electron chi connectivity index (χ1n) is 5.23. The van der Waals surface area contributed by atoms with E-state index in [4.69, 9.17) is 18.0 Å². The zero-order valence-corrected chi connectivity index (χ0v) is 12.8. The molecule has 1 unspecified atom stereocenters. The topological polar surface area (TPSA) is 55.1 Å². The predicted octanol–water partition coefficient (Wildman–Crippen LogP) is 2.26. The van der Waals surface area contributed by atoms with E-state index in [1.807, 2.05) is 25.1 Å². The van der Waals surface area contributed by atoms with Gasteiger partial charge in [0.2, 0.25) is 0 Å². The second-order valence-electron chi connectivity index (χ2n) is 3.39. The van der Waals surface area contributed by atoms with Gasteiger partial charge in [-0.1, -0.05) is 25.2 Å². The summed E-state index contributed by atoms with van der Waals surface area (Å²) >= 11 is 8.42. The van der Waals surface area contributed by atoms with Crippen molar-refractivity contribution in [1.82, 2.24) is 0 Å². The van der Waals surface area contributed by atoms with Crippen LogP contribution >= 0.6 is 28.1 Å². The summed E-state index contributed by atoms with van der Waals surface area (Å²) in [5.74, 6) is 1.31. The Morgan fingerprint density at radius 3 is 2.88 bits per heavy atom. The van der Waals surface area contributed by atoms with Gasteiger partial charge in [-0.2, -0.15) is 0 Å². The van der Waals surface area contributed by atoms with Crippen LogP contribution in [0.15, 0.2) is 22.7 Å². The molecule has 1 rings (SSSR count). The molecule has 0 aliphatic heterocycles. The molecule has 0 aliphatic rings. The molecule has 94 valence electrons. The van der Waals surface area contributed by atoms with Gasteiger partial charge < -0.3 is 11.1 Å². The zero-order valence-electron chi connectivity index (χ0n) is 9.53. The van der Waals surface area contributed by atoms with Gasteiger partial charge in [0, 0.05) is 44.6 Å². The largest absolute Gasteiger partial charge is 0.389 e. The van der Waals surface area contributed by atoms with Gasteiger partial charge in [-0.05, 0) is 28.1 Å². The van der Waals surface area contributed by atoms with Crippen molar-refractivity contribution in [2.45, 2.75) is 6.92 Å². The molecule has 0 fully saturated rings. The number of rotatable bonds is 6. The highest BCUT2D eigenvalue weighted by Gasteiger charge is 2.08. The molecule has 1 aromatic rings. The van der Waals surface area contributed by atoms with Crippen LogP contribution in [0.5, 0.6) is 0 Å². The highest BCUT2D eigenvalue weighted by Crippen LogP contribution is 2.24. The Balaban J connectivity index is 2.74. The fourth-order valence-electron chi connectivity index (χ4n) is 1.37. The summed E-state index contributed by atoms with van der Waals surface area (Å²) in [7, 11) is -0.762. The summed E-state index contributed by atoms with van der Waals surface area (Å²) in [5.41, 5.74) is 7.35. The average molecular weight is 335 g/mol. The van der Waals surface area contributed by atoms with Gasteiger partial charge in [-0.25, -0.2) is 0 Å². The van der Waals surface area contributed by atoms with Crippen molar-refractivity contribution in [3.05, 3.63) is 28.2 Å². The lowest BCUT2D eigenvalue weighted by Crippen LogP contribution is -2.17. The van der Waals surface area contributed by atoms with Gasteiger partial charge in [-0.15, -0.1) is 0 Å². The lowest BCUT2D eigenvalue weighted by Gasteiger charge is -2.12. The van der Waals surface area contributed by atoms with Gasteiger partial charge in [0.15, 0.2) is 0 Å². The standard InChI is InChI=1S/C11H15BrN2OS2/c1-2-17(15)7-6-14-9-5-3-4-8(12)10(9)11(13)16/h3-5,14H,2,6-7H2,1H3,(H2,13,16). The van der Waals surface area contributed by atoms with Gasteiger partial charge in [0.05, 0.1) is 0 Å². The molecule has 0 saturated carbocycles. The molecule has 0 bridgehead atoms. The van der Waals surface area contributed by atoms with Crippen molar-refractivity contribution >= 4 is 49.6 Å². The monoisotopic (exact) mass is 334 g/mol. The molecule has 17 heavy (non-hydrogen) atoms. The van der Waals surface area contributed by atoms with Gasteiger partial charge in [-0.3, -0.25) is 4.21 Å². The van der Waals surface area contributed by atoms with E-state index in [-0.39, 0.29) is 0 Å². The summed E-state index contributed by atoms with van der Waals surface area (Å²) in [6.07, 6.45) is 0. The molecule has 3 N–H and O–H groups in total. The summed E-state index contributed by atoms with van der Waals surface area (Å²) in [5, 5.41) is 3.21. The molecule has 0 aromatic heterocycles. The van der Waals surface area contributed by atoms with Gasteiger partial charge in [0.1, 0.15) is 4.99 Å². The third-order valence-corrected chi connectivity index (χ3v) is 4.40. The van der Waals surface area contributed by atoms with Crippen molar-refractivity contribution in [3.63, 3.8) is 0 Å². The smallest absolute Gasteiger partial charge is 0.107 e. The summed E-state index contributed by atoms with van der Waals surface area (Å²) in [6, 6.07) is 5.71. The number of nitrogens with one attached hydrogen (secondary N) is 1. The Bertz CT molecular complexity index is 437. The predicted molar refractivity (Wildman–Crippen MR) is 82.1 cm³/mol. The Hall–Kier alpha value is -0.460. The Labute approximate surface area is 118 Å². The summed E-state index contributed by atoms with van der Waals surface area (Å²) < 4.78 is 12.2. The lowest BCUT2D eigenvalue weighted by atomic mass is 10.2. The van der Waals surface area contributed by atoms with Crippen LogP contribution in [0.2, 0.25) is 0 Å². The summed E-state index contributed by atoms with van der Waals surface area (Å²) in [4.78, 5) is 0.344.